The van der Waals surface area contributed by atoms with Crippen LogP contribution in [0.15, 0.2) is 24.3 Å². The molecule has 1 atom stereocenters. The zero-order valence-corrected chi connectivity index (χ0v) is 14.5. The van der Waals surface area contributed by atoms with Crippen molar-refractivity contribution < 1.29 is 18.7 Å². The lowest BCUT2D eigenvalue weighted by molar-refractivity contribution is -0.126. The van der Waals surface area contributed by atoms with Crippen molar-refractivity contribution >= 4 is 12.0 Å². The first-order valence-electron chi connectivity index (χ1n) is 8.25. The number of hydrogen-bond acceptors (Lipinski definition) is 3. The minimum atomic E-state index is -0.552. The van der Waals surface area contributed by atoms with Crippen molar-refractivity contribution in [2.45, 2.75) is 45.8 Å². The first kappa shape index (κ1) is 18.2. The molecule has 1 aromatic carbocycles. The number of nitrogens with zero attached hydrogens (tertiary/aromatic N) is 1. The smallest absolute Gasteiger partial charge is 0.410 e. The van der Waals surface area contributed by atoms with Crippen LogP contribution >= 0.6 is 0 Å². The number of ether oxygens (including phenoxy) is 1. The van der Waals surface area contributed by atoms with Crippen molar-refractivity contribution in [2.24, 2.45) is 5.92 Å². The predicted molar refractivity (Wildman–Crippen MR) is 88.8 cm³/mol. The molecular weight excluding hydrogens is 311 g/mol. The maximum atomic E-state index is 13.2. The summed E-state index contributed by atoms with van der Waals surface area (Å²) in [6.45, 7) is 6.68. The molecule has 5 nitrogen and oxygen atoms in total. The number of benzene rings is 1. The molecule has 0 bridgehead atoms. The van der Waals surface area contributed by atoms with E-state index in [0.717, 1.165) is 12.8 Å². The van der Waals surface area contributed by atoms with E-state index in [4.69, 9.17) is 4.74 Å². The molecule has 24 heavy (non-hydrogen) atoms. The van der Waals surface area contributed by atoms with Gasteiger partial charge >= 0.3 is 6.09 Å². The van der Waals surface area contributed by atoms with E-state index in [-0.39, 0.29) is 30.3 Å². The number of carbonyl (C=O) groups is 2. The summed E-state index contributed by atoms with van der Waals surface area (Å²) in [6, 6.07) is 6.14. The van der Waals surface area contributed by atoms with E-state index >= 15 is 0 Å². The summed E-state index contributed by atoms with van der Waals surface area (Å²) in [7, 11) is 0. The molecule has 1 saturated heterocycles. The van der Waals surface area contributed by atoms with Gasteiger partial charge in [-0.3, -0.25) is 4.79 Å². The number of nitrogens with one attached hydrogen (secondary N) is 1. The fourth-order valence-corrected chi connectivity index (χ4v) is 2.66. The van der Waals surface area contributed by atoms with E-state index in [1.807, 2.05) is 20.8 Å². The molecule has 0 aliphatic carbocycles. The van der Waals surface area contributed by atoms with Crippen LogP contribution in [0, 0.1) is 11.7 Å². The number of carbonyl (C=O) groups excluding carboxylic acids is 2. The number of rotatable bonds is 3. The van der Waals surface area contributed by atoms with Gasteiger partial charge in [-0.25, -0.2) is 9.18 Å². The lowest BCUT2D eigenvalue weighted by Gasteiger charge is -2.33. The zero-order chi connectivity index (χ0) is 17.7. The summed E-state index contributed by atoms with van der Waals surface area (Å²) in [4.78, 5) is 26.0. The molecule has 1 fully saturated rings. The number of hydrogen-bond donors (Lipinski definition) is 1. The van der Waals surface area contributed by atoms with E-state index in [9.17, 15) is 14.0 Å². The highest BCUT2D eigenvalue weighted by atomic mass is 19.1. The molecule has 0 saturated carbocycles. The Bertz CT molecular complexity index is 598. The summed E-state index contributed by atoms with van der Waals surface area (Å²) in [6.07, 6.45) is 1.11. The van der Waals surface area contributed by atoms with Gasteiger partial charge in [0.05, 0.1) is 5.92 Å². The molecule has 1 aromatic rings. The van der Waals surface area contributed by atoms with Gasteiger partial charge in [-0.05, 0) is 51.3 Å². The van der Waals surface area contributed by atoms with E-state index in [1.165, 1.54) is 12.1 Å². The maximum Gasteiger partial charge on any atom is 0.410 e. The molecule has 0 spiro atoms. The average Bonchev–Trinajstić information content (AvgIpc) is 2.51. The molecule has 0 aromatic heterocycles. The molecule has 0 unspecified atom stereocenters. The van der Waals surface area contributed by atoms with E-state index in [1.54, 1.807) is 17.0 Å². The van der Waals surface area contributed by atoms with Gasteiger partial charge in [-0.2, -0.15) is 0 Å². The molecule has 6 heteroatoms. The van der Waals surface area contributed by atoms with Crippen LogP contribution in [0.4, 0.5) is 9.18 Å². The summed E-state index contributed by atoms with van der Waals surface area (Å²) in [5.41, 5.74) is 0.159. The lowest BCUT2D eigenvalue weighted by Crippen LogP contribution is -2.46. The van der Waals surface area contributed by atoms with E-state index in [0.29, 0.717) is 18.7 Å². The fourth-order valence-electron chi connectivity index (χ4n) is 2.66. The quantitative estimate of drug-likeness (QED) is 0.923. The van der Waals surface area contributed by atoms with Gasteiger partial charge in [0.25, 0.3) is 0 Å². The molecule has 1 aliphatic rings. The molecular formula is C18H25FN2O3. The first-order chi connectivity index (χ1) is 11.2. The summed E-state index contributed by atoms with van der Waals surface area (Å²) in [5, 5.41) is 2.82. The van der Waals surface area contributed by atoms with Gasteiger partial charge in [0.15, 0.2) is 0 Å². The second-order valence-electron chi connectivity index (χ2n) is 7.11. The Morgan fingerprint density at radius 3 is 2.79 bits per heavy atom. The van der Waals surface area contributed by atoms with Gasteiger partial charge in [-0.15, -0.1) is 0 Å². The van der Waals surface area contributed by atoms with E-state index in [2.05, 4.69) is 5.32 Å². The Hall–Kier alpha value is -2.11. The topological polar surface area (TPSA) is 58.6 Å². The number of amides is 2. The first-order valence-corrected chi connectivity index (χ1v) is 8.25. The molecule has 2 amide bonds. The Labute approximate surface area is 142 Å². The maximum absolute atomic E-state index is 13.2. The highest BCUT2D eigenvalue weighted by molar-refractivity contribution is 5.80. The second kappa shape index (κ2) is 7.64. The molecule has 2 rings (SSSR count). The fraction of sp³-hybridized carbons (Fsp3) is 0.556. The normalized spacial score (nSPS) is 18.2. The second-order valence-corrected chi connectivity index (χ2v) is 7.11. The highest BCUT2D eigenvalue weighted by Crippen LogP contribution is 2.19. The van der Waals surface area contributed by atoms with Crippen molar-refractivity contribution in [3.8, 4) is 0 Å². The monoisotopic (exact) mass is 336 g/mol. The minimum absolute atomic E-state index is 0.118. The van der Waals surface area contributed by atoms with Crippen LogP contribution in [0.25, 0.3) is 0 Å². The van der Waals surface area contributed by atoms with Gasteiger partial charge in [0, 0.05) is 19.6 Å². The Morgan fingerprint density at radius 1 is 1.38 bits per heavy atom. The summed E-state index contributed by atoms with van der Waals surface area (Å²) >= 11 is 0. The van der Waals surface area contributed by atoms with Crippen molar-refractivity contribution in [1.82, 2.24) is 10.2 Å². The molecule has 1 aliphatic heterocycles. The van der Waals surface area contributed by atoms with Gasteiger partial charge in [-0.1, -0.05) is 12.1 Å². The van der Waals surface area contributed by atoms with Crippen molar-refractivity contribution in [3.05, 3.63) is 35.6 Å². The predicted octanol–water partition coefficient (Wildman–Crippen LogP) is 3.09. The third-order valence-corrected chi connectivity index (χ3v) is 3.80. The van der Waals surface area contributed by atoms with Gasteiger partial charge in [0.2, 0.25) is 5.91 Å². The van der Waals surface area contributed by atoms with E-state index < -0.39 is 5.60 Å². The largest absolute Gasteiger partial charge is 0.444 e. The average molecular weight is 336 g/mol. The number of halogens is 1. The molecule has 132 valence electrons. The third kappa shape index (κ3) is 5.51. The van der Waals surface area contributed by atoms with Gasteiger partial charge < -0.3 is 15.0 Å². The van der Waals surface area contributed by atoms with Gasteiger partial charge in [0.1, 0.15) is 11.4 Å². The SMILES string of the molecule is CC(C)(C)OC(=O)N1CCC[C@H](C(=O)NCc2cccc(F)c2)C1. The molecule has 1 N–H and O–H groups in total. The minimum Gasteiger partial charge on any atom is -0.444 e. The molecule has 1 heterocycles. The third-order valence-electron chi connectivity index (χ3n) is 3.80. The van der Waals surface area contributed by atoms with Crippen molar-refractivity contribution in [2.75, 3.05) is 13.1 Å². The van der Waals surface area contributed by atoms with Crippen LogP contribution in [0.3, 0.4) is 0 Å². The Kier molecular flexibility index (Phi) is 5.80. The van der Waals surface area contributed by atoms with Crippen LogP contribution in [-0.4, -0.2) is 35.6 Å². The van der Waals surface area contributed by atoms with Crippen LogP contribution < -0.4 is 5.32 Å². The number of likely N-dealkylation sites (tertiary alicyclic amines) is 1. The Morgan fingerprint density at radius 2 is 2.12 bits per heavy atom. The van der Waals surface area contributed by atoms with Crippen LogP contribution in [0.5, 0.6) is 0 Å². The standard InChI is InChI=1S/C18H25FN2O3/c1-18(2,3)24-17(23)21-9-5-7-14(12-21)16(22)20-11-13-6-4-8-15(19)10-13/h4,6,8,10,14H,5,7,9,11-12H2,1-3H3,(H,20,22)/t14-/m0/s1. The highest BCUT2D eigenvalue weighted by Gasteiger charge is 2.30. The zero-order valence-electron chi connectivity index (χ0n) is 14.5. The molecule has 0 radical (unpaired) electrons. The van der Waals surface area contributed by atoms with Crippen LogP contribution in [0.1, 0.15) is 39.2 Å². The van der Waals surface area contributed by atoms with Crippen LogP contribution in [-0.2, 0) is 16.1 Å². The van der Waals surface area contributed by atoms with Crippen molar-refractivity contribution in [1.29, 1.82) is 0 Å². The number of piperidine rings is 1. The summed E-state index contributed by atoms with van der Waals surface area (Å²) < 4.78 is 18.5. The summed E-state index contributed by atoms with van der Waals surface area (Å²) in [5.74, 6) is -0.706. The lowest BCUT2D eigenvalue weighted by atomic mass is 9.97. The van der Waals surface area contributed by atoms with Crippen molar-refractivity contribution in [3.63, 3.8) is 0 Å². The van der Waals surface area contributed by atoms with Crippen LogP contribution in [0.2, 0.25) is 0 Å². The Balaban J connectivity index is 1.87.